The Kier molecular flexibility index (Phi) is 5.37. The monoisotopic (exact) mass is 296 g/mol. The van der Waals surface area contributed by atoms with Crippen LogP contribution in [0.15, 0.2) is 48.8 Å². The summed E-state index contributed by atoms with van der Waals surface area (Å²) in [4.78, 5) is 11.0. The largest absolute Gasteiger partial charge is 0.354 e. The highest BCUT2D eigenvalue weighted by Gasteiger charge is 2.19. The minimum atomic E-state index is 0.688. The van der Waals surface area contributed by atoms with Gasteiger partial charge in [0.05, 0.1) is 0 Å². The van der Waals surface area contributed by atoms with Crippen molar-refractivity contribution in [2.75, 3.05) is 31.5 Å². The minimum Gasteiger partial charge on any atom is -0.354 e. The van der Waals surface area contributed by atoms with E-state index in [4.69, 9.17) is 0 Å². The molecule has 2 heterocycles. The van der Waals surface area contributed by atoms with Crippen LogP contribution in [0, 0.1) is 5.92 Å². The lowest BCUT2D eigenvalue weighted by atomic mass is 9.97. The van der Waals surface area contributed by atoms with E-state index in [0.717, 1.165) is 25.5 Å². The van der Waals surface area contributed by atoms with Crippen LogP contribution < -0.4 is 5.32 Å². The van der Waals surface area contributed by atoms with E-state index in [1.807, 2.05) is 6.07 Å². The Morgan fingerprint density at radius 3 is 2.73 bits per heavy atom. The Bertz CT molecular complexity index is 494. The number of rotatable bonds is 6. The zero-order chi connectivity index (χ0) is 15.0. The predicted octanol–water partition coefficient (Wildman–Crippen LogP) is 2.84. The van der Waals surface area contributed by atoms with Crippen molar-refractivity contribution in [1.29, 1.82) is 0 Å². The minimum absolute atomic E-state index is 0.688. The molecule has 1 aromatic heterocycles. The maximum atomic E-state index is 4.22. The van der Waals surface area contributed by atoms with Crippen LogP contribution >= 0.6 is 0 Å². The van der Waals surface area contributed by atoms with Gasteiger partial charge >= 0.3 is 0 Å². The molecule has 2 aromatic rings. The fourth-order valence-electron chi connectivity index (χ4n) is 3.08. The summed E-state index contributed by atoms with van der Waals surface area (Å²) in [7, 11) is 0. The highest BCUT2D eigenvalue weighted by Crippen LogP contribution is 2.17. The van der Waals surface area contributed by atoms with Crippen molar-refractivity contribution in [3.05, 3.63) is 54.4 Å². The van der Waals surface area contributed by atoms with Crippen LogP contribution in [-0.4, -0.2) is 41.0 Å². The number of benzene rings is 1. The van der Waals surface area contributed by atoms with Gasteiger partial charge in [-0.3, -0.25) is 0 Å². The van der Waals surface area contributed by atoms with Gasteiger partial charge in [0, 0.05) is 32.0 Å². The van der Waals surface area contributed by atoms with Crippen LogP contribution in [0.5, 0.6) is 0 Å². The van der Waals surface area contributed by atoms with Gasteiger partial charge in [-0.25, -0.2) is 9.97 Å². The van der Waals surface area contributed by atoms with Crippen LogP contribution in [0.3, 0.4) is 0 Å². The third-order valence-electron chi connectivity index (χ3n) is 4.28. The normalized spacial score (nSPS) is 19.0. The molecule has 4 nitrogen and oxygen atoms in total. The molecule has 4 heteroatoms. The van der Waals surface area contributed by atoms with Gasteiger partial charge < -0.3 is 10.2 Å². The van der Waals surface area contributed by atoms with E-state index >= 15 is 0 Å². The number of nitrogens with zero attached hydrogens (tertiary/aromatic N) is 3. The molecule has 3 rings (SSSR count). The molecule has 1 aliphatic heterocycles. The first-order chi connectivity index (χ1) is 10.9. The second-order valence-corrected chi connectivity index (χ2v) is 6.00. The van der Waals surface area contributed by atoms with Crippen molar-refractivity contribution in [2.45, 2.75) is 19.3 Å². The van der Waals surface area contributed by atoms with Gasteiger partial charge in [-0.15, -0.1) is 0 Å². The van der Waals surface area contributed by atoms with Crippen molar-refractivity contribution in [1.82, 2.24) is 14.9 Å². The Morgan fingerprint density at radius 2 is 1.91 bits per heavy atom. The van der Waals surface area contributed by atoms with Crippen molar-refractivity contribution >= 4 is 5.95 Å². The van der Waals surface area contributed by atoms with E-state index in [1.54, 1.807) is 12.4 Å². The molecule has 0 bridgehead atoms. The molecule has 0 aliphatic carbocycles. The second kappa shape index (κ2) is 7.90. The number of anilines is 1. The van der Waals surface area contributed by atoms with Gasteiger partial charge in [-0.1, -0.05) is 30.3 Å². The lowest BCUT2D eigenvalue weighted by molar-refractivity contribution is 0.182. The summed E-state index contributed by atoms with van der Waals surface area (Å²) < 4.78 is 0. The number of piperidine rings is 1. The third-order valence-corrected chi connectivity index (χ3v) is 4.28. The second-order valence-electron chi connectivity index (χ2n) is 6.00. The molecule has 0 amide bonds. The predicted molar refractivity (Wildman–Crippen MR) is 89.8 cm³/mol. The van der Waals surface area contributed by atoms with E-state index in [9.17, 15) is 0 Å². The molecule has 1 fully saturated rings. The van der Waals surface area contributed by atoms with Gasteiger partial charge in [0.2, 0.25) is 5.95 Å². The summed E-state index contributed by atoms with van der Waals surface area (Å²) in [6.07, 6.45) is 7.28. The van der Waals surface area contributed by atoms with E-state index in [-0.39, 0.29) is 0 Å². The van der Waals surface area contributed by atoms with Gasteiger partial charge in [0.15, 0.2) is 0 Å². The Morgan fingerprint density at radius 1 is 1.09 bits per heavy atom. The molecule has 0 radical (unpaired) electrons. The van der Waals surface area contributed by atoms with E-state index in [0.29, 0.717) is 5.92 Å². The fourth-order valence-corrected chi connectivity index (χ4v) is 3.08. The Hall–Kier alpha value is -1.94. The lowest BCUT2D eigenvalue weighted by Gasteiger charge is -2.32. The molecular weight excluding hydrogens is 272 g/mol. The average molecular weight is 296 g/mol. The lowest BCUT2D eigenvalue weighted by Crippen LogP contribution is -2.39. The summed E-state index contributed by atoms with van der Waals surface area (Å²) >= 11 is 0. The van der Waals surface area contributed by atoms with Crippen molar-refractivity contribution in [3.63, 3.8) is 0 Å². The first-order valence-corrected chi connectivity index (χ1v) is 8.17. The van der Waals surface area contributed by atoms with Gasteiger partial charge in [-0.2, -0.15) is 0 Å². The molecule has 22 heavy (non-hydrogen) atoms. The van der Waals surface area contributed by atoms with Gasteiger partial charge in [0.1, 0.15) is 0 Å². The number of aromatic nitrogens is 2. The number of nitrogens with one attached hydrogen (secondary N) is 1. The summed E-state index contributed by atoms with van der Waals surface area (Å²) in [5, 5.41) is 3.36. The molecule has 1 aliphatic rings. The standard InChI is InChI=1S/C18H24N4/c1-2-6-16(7-3-1)9-13-22-12-4-8-17(15-22)14-21-18-19-10-5-11-20-18/h1-3,5-7,10-11,17H,4,8-9,12-15H2,(H,19,20,21)/t17-/m0/s1. The summed E-state index contributed by atoms with van der Waals surface area (Å²) in [6.45, 7) is 4.52. The van der Waals surface area contributed by atoms with E-state index in [1.165, 1.54) is 31.5 Å². The number of likely N-dealkylation sites (tertiary alicyclic amines) is 1. The zero-order valence-electron chi connectivity index (χ0n) is 13.0. The maximum absolute atomic E-state index is 4.22. The molecule has 1 saturated heterocycles. The quantitative estimate of drug-likeness (QED) is 0.890. The molecular formula is C18H24N4. The van der Waals surface area contributed by atoms with Crippen LogP contribution in [0.2, 0.25) is 0 Å². The molecule has 0 spiro atoms. The Labute approximate surface area is 132 Å². The van der Waals surface area contributed by atoms with Crippen molar-refractivity contribution < 1.29 is 0 Å². The first-order valence-electron chi connectivity index (χ1n) is 8.17. The highest BCUT2D eigenvalue weighted by atomic mass is 15.1. The molecule has 1 aromatic carbocycles. The molecule has 0 saturated carbocycles. The number of hydrogen-bond acceptors (Lipinski definition) is 4. The average Bonchev–Trinajstić information content (AvgIpc) is 2.60. The van der Waals surface area contributed by atoms with Crippen LogP contribution in [0.1, 0.15) is 18.4 Å². The molecule has 116 valence electrons. The smallest absolute Gasteiger partial charge is 0.222 e. The topological polar surface area (TPSA) is 41.0 Å². The van der Waals surface area contributed by atoms with E-state index in [2.05, 4.69) is 50.5 Å². The third kappa shape index (κ3) is 4.53. The summed E-state index contributed by atoms with van der Waals surface area (Å²) in [6, 6.07) is 12.6. The molecule has 1 atom stereocenters. The first kappa shape index (κ1) is 15.0. The summed E-state index contributed by atoms with van der Waals surface area (Å²) in [5.41, 5.74) is 1.43. The Balaban J connectivity index is 1.43. The fraction of sp³-hybridized carbons (Fsp3) is 0.444. The van der Waals surface area contributed by atoms with E-state index < -0.39 is 0 Å². The van der Waals surface area contributed by atoms with Crippen LogP contribution in [0.4, 0.5) is 5.95 Å². The van der Waals surface area contributed by atoms with Crippen LogP contribution in [0.25, 0.3) is 0 Å². The van der Waals surface area contributed by atoms with Crippen molar-refractivity contribution in [2.24, 2.45) is 5.92 Å². The van der Waals surface area contributed by atoms with Gasteiger partial charge in [-0.05, 0) is 43.4 Å². The van der Waals surface area contributed by atoms with Gasteiger partial charge in [0.25, 0.3) is 0 Å². The molecule has 1 N–H and O–H groups in total. The molecule has 0 unspecified atom stereocenters. The number of hydrogen-bond donors (Lipinski definition) is 1. The summed E-state index contributed by atoms with van der Waals surface area (Å²) in [5.74, 6) is 1.43. The maximum Gasteiger partial charge on any atom is 0.222 e. The zero-order valence-corrected chi connectivity index (χ0v) is 13.0. The highest BCUT2D eigenvalue weighted by molar-refractivity contribution is 5.22. The SMILES string of the molecule is c1ccc(CCN2CCC[C@@H](CNc3ncccn3)C2)cc1. The van der Waals surface area contributed by atoms with Crippen LogP contribution in [-0.2, 0) is 6.42 Å². The van der Waals surface area contributed by atoms with Crippen molar-refractivity contribution in [3.8, 4) is 0 Å².